The van der Waals surface area contributed by atoms with Gasteiger partial charge in [0.1, 0.15) is 67.4 Å². The average Bonchev–Trinajstić information content (AvgIpc) is 3.70. The molecule has 4 aliphatic rings. The summed E-state index contributed by atoms with van der Waals surface area (Å²) in [6.07, 6.45) is 0. The summed E-state index contributed by atoms with van der Waals surface area (Å²) in [4.78, 5) is 63.9. The fourth-order valence-corrected chi connectivity index (χ4v) is 8.78. The van der Waals surface area contributed by atoms with E-state index >= 15 is 0 Å². The van der Waals surface area contributed by atoms with Crippen LogP contribution in [0.4, 0.5) is 10.0 Å². The molecule has 4 aliphatic heterocycles. The van der Waals surface area contributed by atoms with E-state index in [1.807, 2.05) is 64.1 Å². The van der Waals surface area contributed by atoms with Crippen molar-refractivity contribution in [3.8, 4) is 44.5 Å². The number of imide groups is 2. The summed E-state index contributed by atoms with van der Waals surface area (Å²) in [5.41, 5.74) is 1.99. The molecule has 0 N–H and O–H groups in total. The van der Waals surface area contributed by atoms with Crippen molar-refractivity contribution in [3.05, 3.63) is 57.7 Å². The molecule has 1 aromatic carbocycles. The van der Waals surface area contributed by atoms with Crippen LogP contribution in [0.2, 0.25) is 0 Å². The van der Waals surface area contributed by atoms with Gasteiger partial charge in [0, 0.05) is 57.2 Å². The van der Waals surface area contributed by atoms with E-state index in [4.69, 9.17) is 9.47 Å². The van der Waals surface area contributed by atoms with E-state index in [1.54, 1.807) is 13.8 Å². The number of hydrogen-bond donors (Lipinski definition) is 0. The van der Waals surface area contributed by atoms with Gasteiger partial charge >= 0.3 is 0 Å². The summed E-state index contributed by atoms with van der Waals surface area (Å²) in [5, 5.41) is 20.2. The Balaban J connectivity index is 1.34. The van der Waals surface area contributed by atoms with Gasteiger partial charge in [-0.2, -0.15) is 10.5 Å². The standard InChI is InChI=1S/C36H28N6O6S2/c1-15-19(13-37)31(43)41(7)33(45)27(15)39-25-11-21-29(49-25)17-9-24-18(10-23(17)47-35(21,3)4)30-22(36(5,6)48-24)12-26(50-30)40-28-16(2)20(14-38)32(44)42(8)34(28)46/h9-12H,1-8H3. The number of aliphatic imine (C=N–C) groups is 2. The van der Waals surface area contributed by atoms with E-state index in [0.29, 0.717) is 21.5 Å². The Morgan fingerprint density at radius 1 is 0.640 bits per heavy atom. The molecule has 0 fully saturated rings. The van der Waals surface area contributed by atoms with Crippen LogP contribution in [0.5, 0.6) is 11.5 Å². The van der Waals surface area contributed by atoms with Crippen molar-refractivity contribution in [1.82, 2.24) is 9.80 Å². The molecule has 2 aromatic heterocycles. The Morgan fingerprint density at radius 2 is 1.00 bits per heavy atom. The zero-order chi connectivity index (χ0) is 36.2. The molecule has 4 amide bonds. The SMILES string of the molecule is CC1=C(C#N)C(=O)N(C)C(=O)C1=Nc1cc2c(s1)-c1cc3c(cc1OC2(C)C)-c1sc(N=C2C(=O)N(C)C(=O)C(C#N)=C2C)cc1C(C)(C)O3. The lowest BCUT2D eigenvalue weighted by molar-refractivity contribution is -0.138. The number of carbonyl (C=O) groups is 4. The minimum Gasteiger partial charge on any atom is -0.482 e. The van der Waals surface area contributed by atoms with Gasteiger partial charge in [0.15, 0.2) is 0 Å². The monoisotopic (exact) mass is 704 g/mol. The van der Waals surface area contributed by atoms with Crippen molar-refractivity contribution >= 4 is 67.7 Å². The van der Waals surface area contributed by atoms with Crippen molar-refractivity contribution in [3.63, 3.8) is 0 Å². The fourth-order valence-electron chi connectivity index (χ4n) is 6.37. The molecule has 0 atom stereocenters. The molecule has 12 nitrogen and oxygen atoms in total. The van der Waals surface area contributed by atoms with Crippen LogP contribution in [0.25, 0.3) is 20.9 Å². The van der Waals surface area contributed by atoms with E-state index in [-0.39, 0.29) is 33.7 Å². The first-order chi connectivity index (χ1) is 23.5. The van der Waals surface area contributed by atoms with Crippen molar-refractivity contribution < 1.29 is 28.7 Å². The van der Waals surface area contributed by atoms with Crippen LogP contribution >= 0.6 is 22.7 Å². The van der Waals surface area contributed by atoms with Crippen LogP contribution < -0.4 is 9.47 Å². The topological polar surface area (TPSA) is 166 Å². The Kier molecular flexibility index (Phi) is 7.16. The molecule has 0 radical (unpaired) electrons. The third kappa shape index (κ3) is 4.67. The molecule has 14 heteroatoms. The predicted octanol–water partition coefficient (Wildman–Crippen LogP) is 6.22. The van der Waals surface area contributed by atoms with Crippen molar-refractivity contribution in [2.24, 2.45) is 9.98 Å². The minimum atomic E-state index is -0.783. The highest BCUT2D eigenvalue weighted by atomic mass is 32.1. The third-order valence-electron chi connectivity index (χ3n) is 9.22. The molecule has 0 aliphatic carbocycles. The maximum atomic E-state index is 13.0. The van der Waals surface area contributed by atoms with Gasteiger partial charge in [-0.25, -0.2) is 9.98 Å². The number of likely N-dealkylation sites (N-methyl/N-ethyl adjacent to an activating group) is 2. The number of carbonyl (C=O) groups excluding carboxylic acids is 4. The van der Waals surface area contributed by atoms with Crippen LogP contribution in [0, 0.1) is 22.7 Å². The quantitative estimate of drug-likeness (QED) is 0.284. The number of rotatable bonds is 2. The van der Waals surface area contributed by atoms with E-state index < -0.39 is 34.8 Å². The molecular weight excluding hydrogens is 677 g/mol. The second-order valence-electron chi connectivity index (χ2n) is 13.2. The molecule has 7 rings (SSSR count). The molecule has 0 spiro atoms. The zero-order valence-corrected chi connectivity index (χ0v) is 29.9. The lowest BCUT2D eigenvalue weighted by Crippen LogP contribution is -2.44. The number of fused-ring (bicyclic) bond motifs is 6. The number of benzene rings is 1. The Labute approximate surface area is 294 Å². The normalized spacial score (nSPS) is 20.6. The third-order valence-corrected chi connectivity index (χ3v) is 11.3. The highest BCUT2D eigenvalue weighted by molar-refractivity contribution is 7.20. The molecule has 0 unspecified atom stereocenters. The minimum absolute atomic E-state index is 0.0315. The number of nitriles is 2. The fraction of sp³-hybridized carbons (Fsp3) is 0.278. The average molecular weight is 705 g/mol. The summed E-state index contributed by atoms with van der Waals surface area (Å²) in [5.74, 6) is -1.26. The Morgan fingerprint density at radius 3 is 1.34 bits per heavy atom. The first-order valence-corrected chi connectivity index (χ1v) is 17.0. The molecule has 50 heavy (non-hydrogen) atoms. The summed E-state index contributed by atoms with van der Waals surface area (Å²) in [6, 6.07) is 11.4. The van der Waals surface area contributed by atoms with Gasteiger partial charge in [-0.1, -0.05) is 0 Å². The summed E-state index contributed by atoms with van der Waals surface area (Å²) in [6.45, 7) is 10.8. The van der Waals surface area contributed by atoms with Crippen LogP contribution in [0.3, 0.4) is 0 Å². The first kappa shape index (κ1) is 32.8. The van der Waals surface area contributed by atoms with Crippen LogP contribution in [-0.2, 0) is 30.4 Å². The van der Waals surface area contributed by atoms with E-state index in [1.165, 1.54) is 36.8 Å². The highest BCUT2D eigenvalue weighted by Crippen LogP contribution is 2.58. The Hall–Kier alpha value is -5.70. The predicted molar refractivity (Wildman–Crippen MR) is 187 cm³/mol. The summed E-state index contributed by atoms with van der Waals surface area (Å²) in [7, 11) is 2.66. The summed E-state index contributed by atoms with van der Waals surface area (Å²) < 4.78 is 13.2. The van der Waals surface area contributed by atoms with Gasteiger partial charge in [0.05, 0.1) is 0 Å². The van der Waals surface area contributed by atoms with Gasteiger partial charge in [-0.3, -0.25) is 29.0 Å². The maximum absolute atomic E-state index is 13.0. The van der Waals surface area contributed by atoms with Gasteiger partial charge in [0.2, 0.25) is 0 Å². The van der Waals surface area contributed by atoms with Crippen molar-refractivity contribution in [2.45, 2.75) is 52.7 Å². The van der Waals surface area contributed by atoms with Crippen molar-refractivity contribution in [1.29, 1.82) is 10.5 Å². The number of ether oxygens (including phenoxy) is 2. The zero-order valence-electron chi connectivity index (χ0n) is 28.3. The lowest BCUT2D eigenvalue weighted by atomic mass is 9.88. The van der Waals surface area contributed by atoms with E-state index in [0.717, 1.165) is 41.8 Å². The molecule has 0 saturated carbocycles. The number of amides is 4. The second-order valence-corrected chi connectivity index (χ2v) is 15.3. The molecule has 0 saturated heterocycles. The first-order valence-electron chi connectivity index (χ1n) is 15.4. The van der Waals surface area contributed by atoms with Gasteiger partial charge in [-0.05, 0) is 65.8 Å². The van der Waals surface area contributed by atoms with E-state index in [9.17, 15) is 29.7 Å². The lowest BCUT2D eigenvalue weighted by Gasteiger charge is -2.36. The van der Waals surface area contributed by atoms with Crippen LogP contribution in [0.1, 0.15) is 52.7 Å². The molecular formula is C36H28N6O6S2. The molecule has 250 valence electrons. The van der Waals surface area contributed by atoms with Gasteiger partial charge < -0.3 is 9.47 Å². The van der Waals surface area contributed by atoms with E-state index in [2.05, 4.69) is 9.98 Å². The second kappa shape index (κ2) is 10.9. The number of thiophene rings is 2. The number of hydrogen-bond acceptors (Lipinski definition) is 12. The number of nitrogens with zero attached hydrogens (tertiary/aromatic N) is 6. The van der Waals surface area contributed by atoms with Crippen molar-refractivity contribution in [2.75, 3.05) is 14.1 Å². The van der Waals surface area contributed by atoms with Crippen LogP contribution in [0.15, 0.2) is 56.5 Å². The van der Waals surface area contributed by atoms with Gasteiger partial charge in [-0.15, -0.1) is 22.7 Å². The van der Waals surface area contributed by atoms with Gasteiger partial charge in [0.25, 0.3) is 23.6 Å². The maximum Gasteiger partial charge on any atom is 0.279 e. The molecule has 3 aromatic rings. The molecule has 0 bridgehead atoms. The summed E-state index contributed by atoms with van der Waals surface area (Å²) >= 11 is 2.73. The Bertz CT molecular complexity index is 2220. The smallest absolute Gasteiger partial charge is 0.279 e. The largest absolute Gasteiger partial charge is 0.482 e. The highest BCUT2D eigenvalue weighted by Gasteiger charge is 2.41. The molecule has 6 heterocycles. The van der Waals surface area contributed by atoms with Crippen LogP contribution in [-0.4, -0.2) is 58.9 Å².